The summed E-state index contributed by atoms with van der Waals surface area (Å²) in [5, 5.41) is 2.94. The maximum absolute atomic E-state index is 12.9. The number of carbonyl (C=O) groups excluding carboxylic acids is 2. The van der Waals surface area contributed by atoms with Crippen molar-refractivity contribution in [3.05, 3.63) is 46.8 Å². The summed E-state index contributed by atoms with van der Waals surface area (Å²) >= 11 is 0. The van der Waals surface area contributed by atoms with E-state index in [1.807, 2.05) is 31.2 Å². The van der Waals surface area contributed by atoms with Crippen LogP contribution in [0.3, 0.4) is 0 Å². The van der Waals surface area contributed by atoms with Crippen LogP contribution in [0.4, 0.5) is 11.4 Å². The molecule has 1 aromatic carbocycles. The Morgan fingerprint density at radius 2 is 1.82 bits per heavy atom. The van der Waals surface area contributed by atoms with Gasteiger partial charge in [0.2, 0.25) is 0 Å². The van der Waals surface area contributed by atoms with Crippen molar-refractivity contribution in [3.8, 4) is 0 Å². The summed E-state index contributed by atoms with van der Waals surface area (Å²) in [6.07, 6.45) is 5.21. The van der Waals surface area contributed by atoms with Gasteiger partial charge in [-0.15, -0.1) is 0 Å². The van der Waals surface area contributed by atoms with Crippen LogP contribution >= 0.6 is 0 Å². The number of nitrogens with zero attached hydrogens (tertiary/aromatic N) is 1. The number of amides is 1. The molecule has 2 aromatic rings. The number of hydrogen-bond donors (Lipinski definition) is 2. The summed E-state index contributed by atoms with van der Waals surface area (Å²) in [6.45, 7) is 5.98. The molecule has 1 fully saturated rings. The van der Waals surface area contributed by atoms with E-state index in [-0.39, 0.29) is 5.91 Å². The van der Waals surface area contributed by atoms with E-state index in [9.17, 15) is 9.59 Å². The maximum atomic E-state index is 12.9. The van der Waals surface area contributed by atoms with Crippen LogP contribution in [-0.4, -0.2) is 37.1 Å². The number of aromatic amines is 1. The Hall–Kier alpha value is -2.76. The largest absolute Gasteiger partial charge is 0.465 e. The lowest BCUT2D eigenvalue weighted by atomic mass is 10.0. The number of benzene rings is 1. The smallest absolute Gasteiger partial charge is 0.339 e. The molecular formula is C22H29N3O3. The fraction of sp³-hybridized carbons (Fsp3) is 0.455. The number of methoxy groups -OCH3 is 1. The number of anilines is 2. The Balaban J connectivity index is 1.78. The van der Waals surface area contributed by atoms with E-state index >= 15 is 0 Å². The molecule has 2 heterocycles. The first-order valence-corrected chi connectivity index (χ1v) is 10.0. The van der Waals surface area contributed by atoms with Crippen LogP contribution in [0, 0.1) is 6.92 Å². The average Bonchev–Trinajstić information content (AvgIpc) is 3.05. The van der Waals surface area contributed by atoms with Crippen LogP contribution in [0.2, 0.25) is 0 Å². The van der Waals surface area contributed by atoms with Gasteiger partial charge in [-0.3, -0.25) is 4.79 Å². The van der Waals surface area contributed by atoms with Gasteiger partial charge in [0, 0.05) is 30.2 Å². The first-order chi connectivity index (χ1) is 13.5. The predicted molar refractivity (Wildman–Crippen MR) is 111 cm³/mol. The minimum absolute atomic E-state index is 0.243. The van der Waals surface area contributed by atoms with Crippen molar-refractivity contribution < 1.29 is 14.3 Å². The van der Waals surface area contributed by atoms with E-state index in [2.05, 4.69) is 15.2 Å². The van der Waals surface area contributed by atoms with E-state index in [1.54, 1.807) is 6.92 Å². The standard InChI is InChI=1S/C22H29N3O3/c1-4-8-18-19(22(27)28-3)15(2)23-20(18)21(26)24-16-9-11-17(12-10-16)25-13-6-5-7-14-25/h9-12,23H,4-8,13-14H2,1-3H3,(H,24,26). The van der Waals surface area contributed by atoms with Gasteiger partial charge in [0.25, 0.3) is 5.91 Å². The third-order valence-corrected chi connectivity index (χ3v) is 5.25. The van der Waals surface area contributed by atoms with Gasteiger partial charge in [-0.05, 0) is 62.4 Å². The van der Waals surface area contributed by atoms with Gasteiger partial charge in [-0.25, -0.2) is 4.79 Å². The number of rotatable bonds is 6. The molecule has 0 spiro atoms. The van der Waals surface area contributed by atoms with Crippen LogP contribution in [0.25, 0.3) is 0 Å². The lowest BCUT2D eigenvalue weighted by Gasteiger charge is -2.28. The van der Waals surface area contributed by atoms with E-state index in [1.165, 1.54) is 32.1 Å². The lowest BCUT2D eigenvalue weighted by Crippen LogP contribution is -2.29. The Morgan fingerprint density at radius 3 is 2.43 bits per heavy atom. The summed E-state index contributed by atoms with van der Waals surface area (Å²) < 4.78 is 4.89. The average molecular weight is 383 g/mol. The molecule has 1 amide bonds. The zero-order chi connectivity index (χ0) is 20.1. The molecule has 6 heteroatoms. The second-order valence-corrected chi connectivity index (χ2v) is 7.27. The van der Waals surface area contributed by atoms with Gasteiger partial charge in [0.05, 0.1) is 12.7 Å². The van der Waals surface area contributed by atoms with Crippen LogP contribution in [0.15, 0.2) is 24.3 Å². The highest BCUT2D eigenvalue weighted by Gasteiger charge is 2.24. The van der Waals surface area contributed by atoms with Crippen molar-refractivity contribution in [3.63, 3.8) is 0 Å². The summed E-state index contributed by atoms with van der Waals surface area (Å²) in [7, 11) is 1.36. The minimum atomic E-state index is -0.415. The monoisotopic (exact) mass is 383 g/mol. The van der Waals surface area contributed by atoms with Crippen molar-refractivity contribution in [2.45, 2.75) is 46.0 Å². The summed E-state index contributed by atoms with van der Waals surface area (Å²) in [4.78, 5) is 30.5. The molecule has 0 atom stereocenters. The molecule has 6 nitrogen and oxygen atoms in total. The van der Waals surface area contributed by atoms with Gasteiger partial charge in [0.15, 0.2) is 0 Å². The molecule has 28 heavy (non-hydrogen) atoms. The van der Waals surface area contributed by atoms with Crippen molar-refractivity contribution in [2.75, 3.05) is 30.4 Å². The molecule has 1 saturated heterocycles. The van der Waals surface area contributed by atoms with E-state index in [0.717, 1.165) is 25.2 Å². The third-order valence-electron chi connectivity index (χ3n) is 5.25. The fourth-order valence-corrected chi connectivity index (χ4v) is 3.85. The highest BCUT2D eigenvalue weighted by atomic mass is 16.5. The zero-order valence-corrected chi connectivity index (χ0v) is 16.9. The molecule has 0 radical (unpaired) electrons. The van der Waals surface area contributed by atoms with Gasteiger partial charge >= 0.3 is 5.97 Å². The molecule has 1 aliphatic heterocycles. The van der Waals surface area contributed by atoms with E-state index in [4.69, 9.17) is 4.74 Å². The SMILES string of the molecule is CCCc1c(C(=O)Nc2ccc(N3CCCCC3)cc2)[nH]c(C)c1C(=O)OC. The molecule has 1 aliphatic rings. The first-order valence-electron chi connectivity index (χ1n) is 10.0. The predicted octanol–water partition coefficient (Wildman–Crippen LogP) is 4.30. The number of aromatic nitrogens is 1. The number of piperidine rings is 1. The summed E-state index contributed by atoms with van der Waals surface area (Å²) in [5.41, 5.74) is 4.19. The number of esters is 1. The first kappa shape index (κ1) is 20.0. The van der Waals surface area contributed by atoms with Crippen molar-refractivity contribution in [1.29, 1.82) is 0 Å². The van der Waals surface area contributed by atoms with Crippen LogP contribution in [-0.2, 0) is 11.2 Å². The Bertz CT molecular complexity index is 833. The second kappa shape index (κ2) is 8.95. The van der Waals surface area contributed by atoms with Gasteiger partial charge in [0.1, 0.15) is 5.69 Å². The topological polar surface area (TPSA) is 74.4 Å². The molecular weight excluding hydrogens is 354 g/mol. The molecule has 0 bridgehead atoms. The number of hydrogen-bond acceptors (Lipinski definition) is 4. The zero-order valence-electron chi connectivity index (χ0n) is 16.9. The molecule has 0 unspecified atom stereocenters. The normalized spacial score (nSPS) is 14.0. The van der Waals surface area contributed by atoms with Crippen molar-refractivity contribution in [2.24, 2.45) is 0 Å². The number of ether oxygens (including phenoxy) is 1. The quantitative estimate of drug-likeness (QED) is 0.729. The number of carbonyl (C=O) groups is 2. The van der Waals surface area contributed by atoms with Gasteiger partial charge < -0.3 is 19.9 Å². The number of aryl methyl sites for hydroxylation is 1. The second-order valence-electron chi connectivity index (χ2n) is 7.27. The summed E-state index contributed by atoms with van der Waals surface area (Å²) in [6, 6.07) is 7.96. The van der Waals surface area contributed by atoms with Crippen LogP contribution in [0.1, 0.15) is 64.7 Å². The molecule has 1 aromatic heterocycles. The van der Waals surface area contributed by atoms with Crippen molar-refractivity contribution >= 4 is 23.3 Å². The van der Waals surface area contributed by atoms with Gasteiger partial charge in [-0.1, -0.05) is 13.3 Å². The van der Waals surface area contributed by atoms with Crippen molar-refractivity contribution in [1.82, 2.24) is 4.98 Å². The number of H-pyrrole nitrogens is 1. The lowest BCUT2D eigenvalue weighted by molar-refractivity contribution is 0.0599. The Kier molecular flexibility index (Phi) is 6.39. The van der Waals surface area contributed by atoms with Crippen LogP contribution < -0.4 is 10.2 Å². The van der Waals surface area contributed by atoms with E-state index in [0.29, 0.717) is 28.9 Å². The highest BCUT2D eigenvalue weighted by Crippen LogP contribution is 2.25. The Labute approximate surface area is 166 Å². The fourth-order valence-electron chi connectivity index (χ4n) is 3.85. The molecule has 0 saturated carbocycles. The highest BCUT2D eigenvalue weighted by molar-refractivity contribution is 6.07. The molecule has 150 valence electrons. The minimum Gasteiger partial charge on any atom is -0.465 e. The van der Waals surface area contributed by atoms with E-state index < -0.39 is 5.97 Å². The third kappa shape index (κ3) is 4.21. The van der Waals surface area contributed by atoms with Crippen LogP contribution in [0.5, 0.6) is 0 Å². The number of nitrogens with one attached hydrogen (secondary N) is 2. The molecule has 2 N–H and O–H groups in total. The maximum Gasteiger partial charge on any atom is 0.339 e. The summed E-state index contributed by atoms with van der Waals surface area (Å²) in [5.74, 6) is -0.658. The Morgan fingerprint density at radius 1 is 1.14 bits per heavy atom. The molecule has 3 rings (SSSR count). The molecule has 0 aliphatic carbocycles. The van der Waals surface area contributed by atoms with Gasteiger partial charge in [-0.2, -0.15) is 0 Å².